The predicted molar refractivity (Wildman–Crippen MR) is 162 cm³/mol. The van der Waals surface area contributed by atoms with Gasteiger partial charge in [-0.3, -0.25) is 0 Å². The molecule has 2 rings (SSSR count). The first kappa shape index (κ1) is 34.3. The van der Waals surface area contributed by atoms with E-state index in [0.717, 1.165) is 6.29 Å². The first-order chi connectivity index (χ1) is 17.8. The van der Waals surface area contributed by atoms with Crippen molar-refractivity contribution in [3.63, 3.8) is 0 Å². The highest BCUT2D eigenvalue weighted by molar-refractivity contribution is 7.91. The van der Waals surface area contributed by atoms with Crippen LogP contribution in [0.15, 0.2) is 35.2 Å². The van der Waals surface area contributed by atoms with Crippen molar-refractivity contribution < 1.29 is 31.5 Å². The Morgan fingerprint density at radius 2 is 1.51 bits per heavy atom. The fourth-order valence-electron chi connectivity index (χ4n) is 4.43. The van der Waals surface area contributed by atoms with E-state index < -0.39 is 50.7 Å². The van der Waals surface area contributed by atoms with Gasteiger partial charge in [0, 0.05) is 25.9 Å². The number of carbonyl (C=O) groups is 1. The second kappa shape index (κ2) is 13.0. The Bertz CT molecular complexity index is 1030. The number of rotatable bonds is 13. The molecule has 0 bridgehead atoms. The van der Waals surface area contributed by atoms with Crippen molar-refractivity contribution >= 4 is 32.8 Å². The summed E-state index contributed by atoms with van der Waals surface area (Å²) in [6.45, 7) is 22.6. The summed E-state index contributed by atoms with van der Waals surface area (Å²) in [6, 6.07) is 8.40. The largest absolute Gasteiger partial charge is 0.414 e. The maximum Gasteiger partial charge on any atom is 0.192 e. The first-order valence-corrected chi connectivity index (χ1v) is 21.4. The van der Waals surface area contributed by atoms with Gasteiger partial charge in [-0.25, -0.2) is 8.42 Å². The van der Waals surface area contributed by atoms with Crippen molar-refractivity contribution in [1.29, 1.82) is 0 Å². The van der Waals surface area contributed by atoms with Gasteiger partial charge in [-0.05, 0) is 48.4 Å². The quantitative estimate of drug-likeness (QED) is 0.195. The summed E-state index contributed by atoms with van der Waals surface area (Å²) in [4.78, 5) is 11.8. The van der Waals surface area contributed by atoms with Crippen LogP contribution in [0.1, 0.15) is 54.4 Å². The molecule has 0 aliphatic carbocycles. The van der Waals surface area contributed by atoms with Gasteiger partial charge in [-0.1, -0.05) is 59.7 Å². The number of carbonyl (C=O) groups excluding carboxylic acids is 1. The minimum absolute atomic E-state index is 0.00572. The second-order valence-electron chi connectivity index (χ2n) is 13.9. The minimum Gasteiger partial charge on any atom is -0.414 e. The standard InChI is InChI=1S/C29H52O7SSi2/c1-28(2,3)38(8,9)34-20-22(36-39(10,11)29(4,5)6)19-26-27(33-7)24(25(35-26)17-18-30)21-37(31,32)23-15-13-12-14-16-23/h12-16,18,22,24-27H,17,19-21H2,1-11H3/t22-,24-,25-,26+,27?/m0/s1. The van der Waals surface area contributed by atoms with Crippen LogP contribution in [0, 0.1) is 5.92 Å². The van der Waals surface area contributed by atoms with Gasteiger partial charge in [0.25, 0.3) is 0 Å². The maximum atomic E-state index is 13.3. The molecule has 0 saturated carbocycles. The Morgan fingerprint density at radius 1 is 0.949 bits per heavy atom. The number of hydrogen-bond donors (Lipinski definition) is 0. The highest BCUT2D eigenvalue weighted by atomic mass is 32.2. The van der Waals surface area contributed by atoms with E-state index in [1.165, 1.54) is 0 Å². The number of sulfone groups is 1. The lowest BCUT2D eigenvalue weighted by Crippen LogP contribution is -2.49. The SMILES string of the molecule is COC1[C@@H](CS(=O)(=O)c2ccccc2)[C@H](CC=O)O[C@@H]1C[C@@H](CO[Si](C)(C)C(C)(C)C)O[Si](C)(C)C(C)(C)C. The van der Waals surface area contributed by atoms with E-state index in [1.807, 2.05) is 0 Å². The first-order valence-electron chi connectivity index (χ1n) is 14.0. The molecule has 1 aromatic carbocycles. The molecule has 5 atom stereocenters. The van der Waals surface area contributed by atoms with Gasteiger partial charge in [0.15, 0.2) is 26.5 Å². The molecule has 7 nitrogen and oxygen atoms in total. The monoisotopic (exact) mass is 600 g/mol. The highest BCUT2D eigenvalue weighted by Crippen LogP contribution is 2.41. The van der Waals surface area contributed by atoms with Crippen LogP contribution in [-0.2, 0) is 33.0 Å². The molecule has 224 valence electrons. The Kier molecular flexibility index (Phi) is 11.4. The molecule has 1 aliphatic rings. The molecular weight excluding hydrogens is 549 g/mol. The number of hydrogen-bond acceptors (Lipinski definition) is 7. The molecule has 0 amide bonds. The van der Waals surface area contributed by atoms with Crippen LogP contribution in [0.25, 0.3) is 0 Å². The zero-order valence-corrected chi connectivity index (χ0v) is 28.8. The van der Waals surface area contributed by atoms with Gasteiger partial charge in [-0.2, -0.15) is 0 Å². The molecule has 0 N–H and O–H groups in total. The average Bonchev–Trinajstić information content (AvgIpc) is 3.11. The highest BCUT2D eigenvalue weighted by Gasteiger charge is 2.49. The van der Waals surface area contributed by atoms with E-state index >= 15 is 0 Å². The van der Waals surface area contributed by atoms with Crippen molar-refractivity contribution in [3.8, 4) is 0 Å². The third-order valence-electron chi connectivity index (χ3n) is 8.93. The number of aldehydes is 1. The molecule has 0 aromatic heterocycles. The summed E-state index contributed by atoms with van der Waals surface area (Å²) >= 11 is 0. The molecule has 1 saturated heterocycles. The minimum atomic E-state index is -3.60. The number of benzene rings is 1. The van der Waals surface area contributed by atoms with Crippen molar-refractivity contribution in [2.45, 2.75) is 120 Å². The predicted octanol–water partition coefficient (Wildman–Crippen LogP) is 6.25. The van der Waals surface area contributed by atoms with Crippen LogP contribution in [0.5, 0.6) is 0 Å². The Hall–Kier alpha value is -0.886. The fourth-order valence-corrected chi connectivity index (χ4v) is 8.49. The van der Waals surface area contributed by atoms with E-state index in [4.69, 9.17) is 18.3 Å². The average molecular weight is 601 g/mol. The van der Waals surface area contributed by atoms with E-state index in [2.05, 4.69) is 67.7 Å². The molecule has 1 aromatic rings. The van der Waals surface area contributed by atoms with Crippen LogP contribution in [0.3, 0.4) is 0 Å². The van der Waals surface area contributed by atoms with Gasteiger partial charge >= 0.3 is 0 Å². The molecule has 0 radical (unpaired) electrons. The van der Waals surface area contributed by atoms with Gasteiger partial charge in [0.05, 0.1) is 41.7 Å². The van der Waals surface area contributed by atoms with Gasteiger partial charge in [0.1, 0.15) is 6.29 Å². The van der Waals surface area contributed by atoms with E-state index in [-0.39, 0.29) is 33.2 Å². The van der Waals surface area contributed by atoms with Gasteiger partial charge in [0.2, 0.25) is 0 Å². The zero-order chi connectivity index (χ0) is 29.9. The van der Waals surface area contributed by atoms with Crippen molar-refractivity contribution in [2.24, 2.45) is 5.92 Å². The second-order valence-corrected chi connectivity index (χ2v) is 25.5. The van der Waals surface area contributed by atoms with Crippen molar-refractivity contribution in [1.82, 2.24) is 0 Å². The van der Waals surface area contributed by atoms with E-state index in [0.29, 0.717) is 13.0 Å². The molecule has 1 aliphatic heterocycles. The van der Waals surface area contributed by atoms with Crippen LogP contribution < -0.4 is 0 Å². The lowest BCUT2D eigenvalue weighted by Gasteiger charge is -2.42. The lowest BCUT2D eigenvalue weighted by molar-refractivity contribution is -0.111. The summed E-state index contributed by atoms with van der Waals surface area (Å²) < 4.78 is 52.4. The van der Waals surface area contributed by atoms with Crippen molar-refractivity contribution in [3.05, 3.63) is 30.3 Å². The third-order valence-corrected chi connectivity index (χ3v) is 19.8. The van der Waals surface area contributed by atoms with Crippen LogP contribution in [-0.4, -0.2) is 75.2 Å². The fraction of sp³-hybridized carbons (Fsp3) is 0.759. The van der Waals surface area contributed by atoms with E-state index in [1.54, 1.807) is 37.4 Å². The Balaban J connectivity index is 2.35. The topological polar surface area (TPSA) is 88.1 Å². The van der Waals surface area contributed by atoms with Crippen LogP contribution in [0.4, 0.5) is 0 Å². The third kappa shape index (κ3) is 8.80. The van der Waals surface area contributed by atoms with Gasteiger partial charge < -0.3 is 23.1 Å². The molecule has 0 spiro atoms. The summed E-state index contributed by atoms with van der Waals surface area (Å²) in [5.74, 6) is -0.635. The van der Waals surface area contributed by atoms with Crippen molar-refractivity contribution in [2.75, 3.05) is 19.5 Å². The molecular formula is C29H52O7SSi2. The lowest BCUT2D eigenvalue weighted by atomic mass is 9.94. The molecule has 10 heteroatoms. The maximum absolute atomic E-state index is 13.3. The molecule has 39 heavy (non-hydrogen) atoms. The zero-order valence-electron chi connectivity index (χ0n) is 25.9. The normalized spacial score (nSPS) is 24.1. The number of methoxy groups -OCH3 is 1. The summed E-state index contributed by atoms with van der Waals surface area (Å²) in [7, 11) is -6.22. The van der Waals surface area contributed by atoms with Crippen LogP contribution in [0.2, 0.25) is 36.3 Å². The summed E-state index contributed by atoms with van der Waals surface area (Å²) in [6.07, 6.45) is -0.307. The summed E-state index contributed by atoms with van der Waals surface area (Å²) in [5.41, 5.74) is 0. The summed E-state index contributed by atoms with van der Waals surface area (Å²) in [5, 5.41) is 0.0607. The van der Waals surface area contributed by atoms with Gasteiger partial charge in [-0.15, -0.1) is 0 Å². The molecule has 1 unspecified atom stereocenters. The van der Waals surface area contributed by atoms with Crippen LogP contribution >= 0.6 is 0 Å². The number of ether oxygens (including phenoxy) is 2. The smallest absolute Gasteiger partial charge is 0.192 e. The Morgan fingerprint density at radius 3 is 2.00 bits per heavy atom. The molecule has 1 heterocycles. The molecule has 1 fully saturated rings. The Labute approximate surface area is 239 Å². The van der Waals surface area contributed by atoms with E-state index in [9.17, 15) is 13.2 Å².